The predicted molar refractivity (Wildman–Crippen MR) is 68.1 cm³/mol. The molecular formula is C14H26O3. The zero-order valence-electron chi connectivity index (χ0n) is 11.4. The van der Waals surface area contributed by atoms with Crippen molar-refractivity contribution in [2.24, 2.45) is 5.92 Å². The molecule has 0 radical (unpaired) electrons. The minimum absolute atomic E-state index is 0.140. The van der Waals surface area contributed by atoms with E-state index in [0.717, 1.165) is 19.3 Å². The Morgan fingerprint density at radius 1 is 1.35 bits per heavy atom. The SMILES string of the molecule is CCCC(C)(OC1CCCCC1CC)C(=O)O. The monoisotopic (exact) mass is 242 g/mol. The van der Waals surface area contributed by atoms with E-state index in [9.17, 15) is 9.90 Å². The molecule has 0 aromatic heterocycles. The van der Waals surface area contributed by atoms with E-state index in [4.69, 9.17) is 4.74 Å². The second kappa shape index (κ2) is 6.39. The highest BCUT2D eigenvalue weighted by Crippen LogP contribution is 2.33. The van der Waals surface area contributed by atoms with Crippen LogP contribution in [0.4, 0.5) is 0 Å². The number of hydrogen-bond donors (Lipinski definition) is 1. The predicted octanol–water partition coefficient (Wildman–Crippen LogP) is 3.62. The largest absolute Gasteiger partial charge is 0.479 e. The van der Waals surface area contributed by atoms with Gasteiger partial charge in [0.1, 0.15) is 0 Å². The molecule has 1 fully saturated rings. The summed E-state index contributed by atoms with van der Waals surface area (Å²) in [4.78, 5) is 11.4. The van der Waals surface area contributed by atoms with E-state index in [1.54, 1.807) is 6.92 Å². The average molecular weight is 242 g/mol. The Morgan fingerprint density at radius 3 is 2.53 bits per heavy atom. The fourth-order valence-corrected chi connectivity index (χ4v) is 2.82. The van der Waals surface area contributed by atoms with Gasteiger partial charge in [0.2, 0.25) is 0 Å². The van der Waals surface area contributed by atoms with Gasteiger partial charge < -0.3 is 9.84 Å². The van der Waals surface area contributed by atoms with E-state index in [1.807, 2.05) is 6.92 Å². The van der Waals surface area contributed by atoms with Gasteiger partial charge in [-0.2, -0.15) is 0 Å². The lowest BCUT2D eigenvalue weighted by Crippen LogP contribution is -2.44. The van der Waals surface area contributed by atoms with Crippen LogP contribution >= 0.6 is 0 Å². The molecule has 0 amide bonds. The minimum atomic E-state index is -0.996. The van der Waals surface area contributed by atoms with Crippen LogP contribution in [0.5, 0.6) is 0 Å². The number of carboxylic acid groups (broad SMARTS) is 1. The van der Waals surface area contributed by atoms with E-state index in [-0.39, 0.29) is 6.10 Å². The normalized spacial score (nSPS) is 28.6. The van der Waals surface area contributed by atoms with Crippen molar-refractivity contribution in [1.29, 1.82) is 0 Å². The van der Waals surface area contributed by atoms with Crippen molar-refractivity contribution in [3.63, 3.8) is 0 Å². The Bertz CT molecular complexity index is 252. The molecule has 0 bridgehead atoms. The highest BCUT2D eigenvalue weighted by Gasteiger charge is 2.38. The Morgan fingerprint density at radius 2 is 2.00 bits per heavy atom. The van der Waals surface area contributed by atoms with Crippen molar-refractivity contribution in [2.45, 2.75) is 77.4 Å². The van der Waals surface area contributed by atoms with Crippen LogP contribution in [0.15, 0.2) is 0 Å². The van der Waals surface area contributed by atoms with Crippen molar-refractivity contribution < 1.29 is 14.6 Å². The lowest BCUT2D eigenvalue weighted by molar-refractivity contribution is -0.179. The molecule has 100 valence electrons. The molecule has 0 saturated heterocycles. The Balaban J connectivity index is 2.67. The first-order valence-corrected chi connectivity index (χ1v) is 6.94. The maximum atomic E-state index is 11.4. The van der Waals surface area contributed by atoms with Gasteiger partial charge in [0.25, 0.3) is 0 Å². The van der Waals surface area contributed by atoms with Crippen molar-refractivity contribution in [3.8, 4) is 0 Å². The number of hydrogen-bond acceptors (Lipinski definition) is 2. The average Bonchev–Trinajstić information content (AvgIpc) is 2.30. The lowest BCUT2D eigenvalue weighted by atomic mass is 9.84. The summed E-state index contributed by atoms with van der Waals surface area (Å²) < 4.78 is 5.98. The molecule has 0 aromatic carbocycles. The third kappa shape index (κ3) is 3.70. The number of carbonyl (C=O) groups is 1. The number of carboxylic acids is 1. The van der Waals surface area contributed by atoms with Gasteiger partial charge in [-0.05, 0) is 32.1 Å². The van der Waals surface area contributed by atoms with Crippen LogP contribution in [0, 0.1) is 5.92 Å². The molecule has 0 aliphatic heterocycles. The van der Waals surface area contributed by atoms with E-state index < -0.39 is 11.6 Å². The van der Waals surface area contributed by atoms with Crippen molar-refractivity contribution in [3.05, 3.63) is 0 Å². The summed E-state index contributed by atoms with van der Waals surface area (Å²) in [6.45, 7) is 5.90. The van der Waals surface area contributed by atoms with Gasteiger partial charge >= 0.3 is 5.97 Å². The van der Waals surface area contributed by atoms with E-state index in [1.165, 1.54) is 19.3 Å². The van der Waals surface area contributed by atoms with Gasteiger partial charge in [-0.25, -0.2) is 4.79 Å². The highest BCUT2D eigenvalue weighted by molar-refractivity contribution is 5.76. The van der Waals surface area contributed by atoms with Gasteiger partial charge in [-0.3, -0.25) is 0 Å². The smallest absolute Gasteiger partial charge is 0.335 e. The zero-order valence-corrected chi connectivity index (χ0v) is 11.4. The van der Waals surface area contributed by atoms with Gasteiger partial charge in [0.15, 0.2) is 5.60 Å². The van der Waals surface area contributed by atoms with Crippen LogP contribution in [-0.2, 0) is 9.53 Å². The maximum absolute atomic E-state index is 11.4. The summed E-state index contributed by atoms with van der Waals surface area (Å²) in [6.07, 6.45) is 7.29. The molecule has 1 aliphatic carbocycles. The summed E-state index contributed by atoms with van der Waals surface area (Å²) in [5.74, 6) is -0.279. The Labute approximate surface area is 105 Å². The van der Waals surface area contributed by atoms with Gasteiger partial charge in [-0.1, -0.05) is 39.5 Å². The molecule has 1 aliphatic rings. The van der Waals surface area contributed by atoms with E-state index in [2.05, 4.69) is 6.92 Å². The first kappa shape index (κ1) is 14.5. The minimum Gasteiger partial charge on any atom is -0.479 e. The number of rotatable bonds is 6. The molecule has 3 atom stereocenters. The summed E-state index contributed by atoms with van der Waals surface area (Å²) in [5, 5.41) is 9.33. The van der Waals surface area contributed by atoms with Crippen LogP contribution in [0.3, 0.4) is 0 Å². The summed E-state index contributed by atoms with van der Waals surface area (Å²) >= 11 is 0. The third-order valence-electron chi connectivity index (χ3n) is 3.95. The zero-order chi connectivity index (χ0) is 12.9. The first-order chi connectivity index (χ1) is 8.03. The Hall–Kier alpha value is -0.570. The molecule has 0 spiro atoms. The molecule has 1 saturated carbocycles. The van der Waals surface area contributed by atoms with Crippen molar-refractivity contribution in [1.82, 2.24) is 0 Å². The standard InChI is InChI=1S/C14H26O3/c1-4-10-14(3,13(15)16)17-12-9-7-6-8-11(12)5-2/h11-12H,4-10H2,1-3H3,(H,15,16). The van der Waals surface area contributed by atoms with Crippen LogP contribution in [-0.4, -0.2) is 22.8 Å². The molecule has 3 heteroatoms. The Kier molecular flexibility index (Phi) is 5.44. The number of aliphatic carboxylic acids is 1. The van der Waals surface area contributed by atoms with Crippen molar-refractivity contribution >= 4 is 5.97 Å². The summed E-state index contributed by atoms with van der Waals surface area (Å²) in [5.41, 5.74) is -0.996. The summed E-state index contributed by atoms with van der Waals surface area (Å²) in [7, 11) is 0. The van der Waals surface area contributed by atoms with Crippen LogP contribution in [0.2, 0.25) is 0 Å². The van der Waals surface area contributed by atoms with Gasteiger partial charge in [-0.15, -0.1) is 0 Å². The van der Waals surface area contributed by atoms with Crippen LogP contribution < -0.4 is 0 Å². The molecule has 1 N–H and O–H groups in total. The maximum Gasteiger partial charge on any atom is 0.335 e. The van der Waals surface area contributed by atoms with Crippen molar-refractivity contribution in [2.75, 3.05) is 0 Å². The number of ether oxygens (including phenoxy) is 1. The molecular weight excluding hydrogens is 216 g/mol. The fraction of sp³-hybridized carbons (Fsp3) is 0.929. The molecule has 17 heavy (non-hydrogen) atoms. The summed E-state index contributed by atoms with van der Waals surface area (Å²) in [6, 6.07) is 0. The van der Waals surface area contributed by atoms with Gasteiger partial charge in [0.05, 0.1) is 6.10 Å². The fourth-order valence-electron chi connectivity index (χ4n) is 2.82. The van der Waals surface area contributed by atoms with E-state index >= 15 is 0 Å². The molecule has 3 nitrogen and oxygen atoms in total. The first-order valence-electron chi connectivity index (χ1n) is 6.94. The van der Waals surface area contributed by atoms with E-state index in [0.29, 0.717) is 12.3 Å². The second-order valence-corrected chi connectivity index (χ2v) is 5.40. The topological polar surface area (TPSA) is 46.5 Å². The van der Waals surface area contributed by atoms with Crippen LogP contribution in [0.25, 0.3) is 0 Å². The second-order valence-electron chi connectivity index (χ2n) is 5.40. The van der Waals surface area contributed by atoms with Crippen LogP contribution in [0.1, 0.15) is 65.7 Å². The molecule has 0 aromatic rings. The highest BCUT2D eigenvalue weighted by atomic mass is 16.5. The quantitative estimate of drug-likeness (QED) is 0.774. The third-order valence-corrected chi connectivity index (χ3v) is 3.95. The molecule has 1 rings (SSSR count). The molecule has 3 unspecified atom stereocenters. The lowest BCUT2D eigenvalue weighted by Gasteiger charge is -2.37. The molecule has 0 heterocycles. The van der Waals surface area contributed by atoms with Gasteiger partial charge in [0, 0.05) is 0 Å².